The van der Waals surface area contributed by atoms with Crippen LogP contribution in [0.1, 0.15) is 28.5 Å². The van der Waals surface area contributed by atoms with Crippen molar-refractivity contribution in [3.05, 3.63) is 41.1 Å². The number of aryl methyl sites for hydroxylation is 2. The lowest BCUT2D eigenvalue weighted by Gasteiger charge is -2.34. The Morgan fingerprint density at radius 1 is 1.21 bits per heavy atom. The highest BCUT2D eigenvalue weighted by molar-refractivity contribution is 5.98. The molecule has 146 valence electrons. The summed E-state index contributed by atoms with van der Waals surface area (Å²) in [5, 5.41) is 7.81. The maximum Gasteiger partial charge on any atom is 0.253 e. The number of carbonyl (C=O) groups excluding carboxylic acids is 1. The van der Waals surface area contributed by atoms with Gasteiger partial charge in [0.2, 0.25) is 0 Å². The number of pyridine rings is 1. The third kappa shape index (κ3) is 3.11. The van der Waals surface area contributed by atoms with Gasteiger partial charge in [0.15, 0.2) is 5.65 Å². The van der Waals surface area contributed by atoms with Crippen LogP contribution in [0.5, 0.6) is 0 Å². The van der Waals surface area contributed by atoms with E-state index in [9.17, 15) is 4.79 Å². The molecule has 7 nitrogen and oxygen atoms in total. The van der Waals surface area contributed by atoms with E-state index in [2.05, 4.69) is 27.0 Å². The highest BCUT2D eigenvalue weighted by atomic mass is 16.2. The number of nitrogens with zero attached hydrogens (tertiary/aromatic N) is 4. The predicted molar refractivity (Wildman–Crippen MR) is 111 cm³/mol. The quantitative estimate of drug-likeness (QED) is 0.731. The third-order valence-corrected chi connectivity index (χ3v) is 5.67. The van der Waals surface area contributed by atoms with Gasteiger partial charge in [-0.15, -0.1) is 0 Å². The smallest absolute Gasteiger partial charge is 0.253 e. The maximum absolute atomic E-state index is 13.0. The summed E-state index contributed by atoms with van der Waals surface area (Å²) >= 11 is 0. The molecule has 1 amide bonds. The van der Waals surface area contributed by atoms with Gasteiger partial charge in [0.05, 0.1) is 5.39 Å². The number of hydrogen-bond donors (Lipinski definition) is 2. The zero-order valence-electron chi connectivity index (χ0n) is 16.6. The normalized spacial score (nSPS) is 15.3. The van der Waals surface area contributed by atoms with Gasteiger partial charge in [0, 0.05) is 43.0 Å². The number of piperazine rings is 1. The summed E-state index contributed by atoms with van der Waals surface area (Å²) in [6.07, 6.45) is 0. The second-order valence-electron chi connectivity index (χ2n) is 7.34. The lowest BCUT2D eigenvalue weighted by molar-refractivity contribution is 0.0643. The fraction of sp³-hybridized carbons (Fsp3) is 0.381. The first-order valence-corrected chi connectivity index (χ1v) is 9.72. The van der Waals surface area contributed by atoms with E-state index >= 15 is 0 Å². The molecule has 3 heterocycles. The van der Waals surface area contributed by atoms with Crippen LogP contribution >= 0.6 is 0 Å². The van der Waals surface area contributed by atoms with Crippen LogP contribution in [0.15, 0.2) is 24.3 Å². The van der Waals surface area contributed by atoms with Gasteiger partial charge in [-0.25, -0.2) is 4.98 Å². The molecule has 0 bridgehead atoms. The molecule has 1 aliphatic rings. The van der Waals surface area contributed by atoms with Crippen LogP contribution in [0.2, 0.25) is 0 Å². The lowest BCUT2D eigenvalue weighted by Crippen LogP contribution is -2.48. The molecular weight excluding hydrogens is 352 g/mol. The van der Waals surface area contributed by atoms with Crippen molar-refractivity contribution in [2.45, 2.75) is 20.8 Å². The number of fused-ring (bicyclic) bond motifs is 1. The first-order valence-electron chi connectivity index (χ1n) is 9.72. The Hall–Kier alpha value is -2.93. The number of aromatic amines is 1. The zero-order chi connectivity index (χ0) is 19.8. The molecule has 0 radical (unpaired) electrons. The molecule has 1 saturated heterocycles. The van der Waals surface area contributed by atoms with E-state index in [4.69, 9.17) is 5.73 Å². The van der Waals surface area contributed by atoms with Crippen molar-refractivity contribution in [1.29, 1.82) is 0 Å². The number of aromatic nitrogens is 3. The van der Waals surface area contributed by atoms with E-state index in [-0.39, 0.29) is 5.91 Å². The Bertz CT molecular complexity index is 1030. The van der Waals surface area contributed by atoms with Crippen LogP contribution in [0.3, 0.4) is 0 Å². The SMILES string of the molecule is CCN1CCN(C(=O)c2cccc(-c3c(C)nc4n[nH]c(N)c4c3C)c2)CC1. The van der Waals surface area contributed by atoms with Crippen molar-refractivity contribution < 1.29 is 4.79 Å². The van der Waals surface area contributed by atoms with Crippen molar-refractivity contribution in [2.75, 3.05) is 38.5 Å². The summed E-state index contributed by atoms with van der Waals surface area (Å²) in [5.74, 6) is 0.604. The van der Waals surface area contributed by atoms with E-state index in [0.717, 1.165) is 60.5 Å². The summed E-state index contributed by atoms with van der Waals surface area (Å²) in [4.78, 5) is 21.9. The van der Waals surface area contributed by atoms with Crippen LogP contribution in [0.25, 0.3) is 22.2 Å². The molecule has 3 aromatic rings. The van der Waals surface area contributed by atoms with Crippen LogP contribution in [0, 0.1) is 13.8 Å². The summed E-state index contributed by atoms with van der Waals surface area (Å²) in [6, 6.07) is 7.81. The van der Waals surface area contributed by atoms with Crippen molar-refractivity contribution in [3.8, 4) is 11.1 Å². The van der Waals surface area contributed by atoms with Crippen LogP contribution in [0.4, 0.5) is 5.82 Å². The van der Waals surface area contributed by atoms with Gasteiger partial charge in [0.25, 0.3) is 5.91 Å². The molecule has 28 heavy (non-hydrogen) atoms. The Morgan fingerprint density at radius 3 is 2.68 bits per heavy atom. The molecular formula is C21H26N6O. The number of carbonyl (C=O) groups is 1. The highest BCUT2D eigenvalue weighted by Crippen LogP contribution is 2.33. The number of likely N-dealkylation sites (N-methyl/N-ethyl adjacent to an activating group) is 1. The van der Waals surface area contributed by atoms with Crippen molar-refractivity contribution in [1.82, 2.24) is 25.0 Å². The van der Waals surface area contributed by atoms with Crippen LogP contribution in [-0.2, 0) is 0 Å². The topological polar surface area (TPSA) is 91.1 Å². The molecule has 1 aromatic carbocycles. The van der Waals surface area contributed by atoms with E-state index in [0.29, 0.717) is 17.0 Å². The monoisotopic (exact) mass is 378 g/mol. The Kier molecular flexibility index (Phi) is 4.77. The Balaban J connectivity index is 1.69. The number of anilines is 1. The van der Waals surface area contributed by atoms with Crippen LogP contribution < -0.4 is 5.73 Å². The number of hydrogen-bond acceptors (Lipinski definition) is 5. The van der Waals surface area contributed by atoms with Crippen molar-refractivity contribution >= 4 is 22.8 Å². The molecule has 1 fully saturated rings. The molecule has 7 heteroatoms. The zero-order valence-corrected chi connectivity index (χ0v) is 16.6. The largest absolute Gasteiger partial charge is 0.384 e. The maximum atomic E-state index is 13.0. The van der Waals surface area contributed by atoms with E-state index in [1.54, 1.807) is 0 Å². The number of benzene rings is 1. The predicted octanol–water partition coefficient (Wildman–Crippen LogP) is 2.60. The van der Waals surface area contributed by atoms with Crippen LogP contribution in [-0.4, -0.2) is 63.6 Å². The fourth-order valence-electron chi connectivity index (χ4n) is 4.09. The minimum absolute atomic E-state index is 0.0878. The molecule has 2 aromatic heterocycles. The number of H-pyrrole nitrogens is 1. The second-order valence-corrected chi connectivity index (χ2v) is 7.34. The van der Waals surface area contributed by atoms with Crippen molar-refractivity contribution in [2.24, 2.45) is 0 Å². The molecule has 4 rings (SSSR count). The van der Waals surface area contributed by atoms with Gasteiger partial charge >= 0.3 is 0 Å². The molecule has 0 aliphatic carbocycles. The van der Waals surface area contributed by atoms with Gasteiger partial charge < -0.3 is 15.5 Å². The Labute approximate surface area is 164 Å². The molecule has 0 saturated carbocycles. The second kappa shape index (κ2) is 7.24. The van der Waals surface area contributed by atoms with Gasteiger partial charge in [-0.3, -0.25) is 9.89 Å². The lowest BCUT2D eigenvalue weighted by atomic mass is 9.95. The number of rotatable bonds is 3. The highest BCUT2D eigenvalue weighted by Gasteiger charge is 2.22. The van der Waals surface area contributed by atoms with E-state index in [1.807, 2.05) is 43.0 Å². The average Bonchev–Trinajstić information content (AvgIpc) is 3.08. The van der Waals surface area contributed by atoms with Gasteiger partial charge in [0.1, 0.15) is 5.82 Å². The van der Waals surface area contributed by atoms with Gasteiger partial charge in [-0.1, -0.05) is 19.1 Å². The summed E-state index contributed by atoms with van der Waals surface area (Å²) in [6.45, 7) is 10.6. The summed E-state index contributed by atoms with van der Waals surface area (Å²) < 4.78 is 0. The van der Waals surface area contributed by atoms with Crippen molar-refractivity contribution in [3.63, 3.8) is 0 Å². The number of nitrogens with two attached hydrogens (primary N) is 1. The minimum atomic E-state index is 0.0878. The molecule has 0 spiro atoms. The third-order valence-electron chi connectivity index (χ3n) is 5.67. The fourth-order valence-corrected chi connectivity index (χ4v) is 4.09. The summed E-state index contributed by atoms with van der Waals surface area (Å²) in [7, 11) is 0. The first-order chi connectivity index (χ1) is 13.5. The first kappa shape index (κ1) is 18.4. The standard InChI is InChI=1S/C21H26N6O/c1-4-26-8-10-27(11-9-26)21(28)16-7-5-6-15(12-16)17-13(2)18-19(22)24-25-20(18)23-14(17)3/h5-7,12H,4,8-11H2,1-3H3,(H3,22,23,24,25). The number of nitrogen functional groups attached to an aromatic ring is 1. The van der Waals surface area contributed by atoms with E-state index in [1.165, 1.54) is 0 Å². The molecule has 0 atom stereocenters. The van der Waals surface area contributed by atoms with E-state index < -0.39 is 0 Å². The average molecular weight is 378 g/mol. The number of amides is 1. The molecule has 0 unspecified atom stereocenters. The molecule has 1 aliphatic heterocycles. The number of nitrogens with one attached hydrogen (secondary N) is 1. The van der Waals surface area contributed by atoms with Gasteiger partial charge in [-0.2, -0.15) is 5.10 Å². The summed E-state index contributed by atoms with van der Waals surface area (Å²) in [5.41, 5.74) is 11.3. The molecule has 3 N–H and O–H groups in total. The van der Waals surface area contributed by atoms with Gasteiger partial charge in [-0.05, 0) is 43.7 Å². The minimum Gasteiger partial charge on any atom is -0.384 e. The Morgan fingerprint density at radius 2 is 1.96 bits per heavy atom.